The highest BCUT2D eigenvalue weighted by Gasteiger charge is 2.23. The molecule has 1 atom stereocenters. The van der Waals surface area contributed by atoms with Gasteiger partial charge in [0.1, 0.15) is 17.7 Å². The molecule has 8 heteroatoms. The Bertz CT molecular complexity index is 1010. The number of anilines is 2. The topological polar surface area (TPSA) is 85.4 Å². The van der Waals surface area contributed by atoms with Gasteiger partial charge in [-0.15, -0.1) is 0 Å². The highest BCUT2D eigenvalue weighted by molar-refractivity contribution is 5.94. The number of nitrogens with one attached hydrogen (secondary N) is 2. The van der Waals surface area contributed by atoms with Crippen LogP contribution in [0.1, 0.15) is 18.4 Å². The minimum Gasteiger partial charge on any atom is -0.439 e. The molecule has 0 saturated carbocycles. The van der Waals surface area contributed by atoms with Crippen LogP contribution in [-0.4, -0.2) is 28.6 Å². The molecule has 4 rings (SSSR count). The number of rotatable bonds is 7. The number of hydrogen-bond donors (Lipinski definition) is 2. The van der Waals surface area contributed by atoms with Gasteiger partial charge in [0.15, 0.2) is 0 Å². The SMILES string of the molecule is O=C(Nc1cccc(CNc2nccc(Oc3ccc(F)cc3)n2)c1)C1CCCO1. The van der Waals surface area contributed by atoms with Crippen molar-refractivity contribution in [2.75, 3.05) is 17.2 Å². The van der Waals surface area contributed by atoms with Gasteiger partial charge >= 0.3 is 0 Å². The molecule has 0 aliphatic carbocycles. The van der Waals surface area contributed by atoms with Gasteiger partial charge in [-0.3, -0.25) is 4.79 Å². The van der Waals surface area contributed by atoms with E-state index in [9.17, 15) is 9.18 Å². The van der Waals surface area contributed by atoms with Crippen LogP contribution in [0.5, 0.6) is 11.6 Å². The summed E-state index contributed by atoms with van der Waals surface area (Å²) in [4.78, 5) is 20.7. The van der Waals surface area contributed by atoms with Crippen molar-refractivity contribution in [1.29, 1.82) is 0 Å². The zero-order chi connectivity index (χ0) is 20.8. The van der Waals surface area contributed by atoms with Gasteiger partial charge in [0, 0.05) is 31.1 Å². The zero-order valence-corrected chi connectivity index (χ0v) is 16.2. The van der Waals surface area contributed by atoms with Crippen LogP contribution in [0, 0.1) is 5.82 Å². The molecule has 1 amide bonds. The van der Waals surface area contributed by atoms with Crippen molar-refractivity contribution in [2.24, 2.45) is 0 Å². The summed E-state index contributed by atoms with van der Waals surface area (Å²) in [6.07, 6.45) is 2.86. The van der Waals surface area contributed by atoms with Crippen LogP contribution in [0.25, 0.3) is 0 Å². The largest absolute Gasteiger partial charge is 0.439 e. The monoisotopic (exact) mass is 408 g/mol. The number of halogens is 1. The molecule has 7 nitrogen and oxygen atoms in total. The number of amides is 1. The average Bonchev–Trinajstić information content (AvgIpc) is 3.30. The van der Waals surface area contributed by atoms with E-state index in [0.717, 1.165) is 18.4 Å². The number of aromatic nitrogens is 2. The molecule has 0 bridgehead atoms. The van der Waals surface area contributed by atoms with Crippen molar-refractivity contribution in [3.05, 3.63) is 72.2 Å². The number of ether oxygens (including phenoxy) is 2. The van der Waals surface area contributed by atoms with Gasteiger partial charge in [0.2, 0.25) is 11.8 Å². The predicted octanol–water partition coefficient (Wildman–Crippen LogP) is 4.14. The van der Waals surface area contributed by atoms with Crippen molar-refractivity contribution in [1.82, 2.24) is 9.97 Å². The van der Waals surface area contributed by atoms with Gasteiger partial charge in [-0.1, -0.05) is 12.1 Å². The zero-order valence-electron chi connectivity index (χ0n) is 16.2. The molecule has 1 aliphatic rings. The quantitative estimate of drug-likeness (QED) is 0.611. The molecule has 1 aliphatic heterocycles. The van der Waals surface area contributed by atoms with Crippen LogP contribution in [0.15, 0.2) is 60.8 Å². The van der Waals surface area contributed by atoms with Crippen molar-refractivity contribution in [3.63, 3.8) is 0 Å². The van der Waals surface area contributed by atoms with Gasteiger partial charge in [0.25, 0.3) is 5.91 Å². The number of hydrogen-bond acceptors (Lipinski definition) is 6. The first-order valence-electron chi connectivity index (χ1n) is 9.67. The number of benzene rings is 2. The Balaban J connectivity index is 1.35. The summed E-state index contributed by atoms with van der Waals surface area (Å²) in [6, 6.07) is 14.9. The Morgan fingerprint density at radius 2 is 2.07 bits per heavy atom. The van der Waals surface area contributed by atoms with Crippen LogP contribution in [0.2, 0.25) is 0 Å². The predicted molar refractivity (Wildman–Crippen MR) is 110 cm³/mol. The fourth-order valence-corrected chi connectivity index (χ4v) is 3.05. The van der Waals surface area contributed by atoms with E-state index in [4.69, 9.17) is 9.47 Å². The maximum absolute atomic E-state index is 13.0. The summed E-state index contributed by atoms with van der Waals surface area (Å²) in [5.74, 6) is 0.768. The molecule has 30 heavy (non-hydrogen) atoms. The molecule has 1 aromatic heterocycles. The fourth-order valence-electron chi connectivity index (χ4n) is 3.05. The van der Waals surface area contributed by atoms with Gasteiger partial charge in [0.05, 0.1) is 0 Å². The highest BCUT2D eigenvalue weighted by atomic mass is 19.1. The average molecular weight is 408 g/mol. The highest BCUT2D eigenvalue weighted by Crippen LogP contribution is 2.21. The maximum Gasteiger partial charge on any atom is 0.253 e. The molecular weight excluding hydrogens is 387 g/mol. The smallest absolute Gasteiger partial charge is 0.253 e. The molecule has 2 N–H and O–H groups in total. The first-order valence-corrected chi connectivity index (χ1v) is 9.67. The summed E-state index contributed by atoms with van der Waals surface area (Å²) in [5.41, 5.74) is 1.66. The van der Waals surface area contributed by atoms with Crippen LogP contribution in [0.3, 0.4) is 0 Å². The van der Waals surface area contributed by atoms with Gasteiger partial charge < -0.3 is 20.1 Å². The summed E-state index contributed by atoms with van der Waals surface area (Å²) in [5, 5.41) is 6.03. The van der Waals surface area contributed by atoms with E-state index in [1.807, 2.05) is 24.3 Å². The summed E-state index contributed by atoms with van der Waals surface area (Å²) < 4.78 is 24.0. The van der Waals surface area contributed by atoms with Crippen LogP contribution in [-0.2, 0) is 16.1 Å². The van der Waals surface area contributed by atoms with E-state index >= 15 is 0 Å². The second-order valence-electron chi connectivity index (χ2n) is 6.82. The Labute approximate surface area is 173 Å². The normalized spacial score (nSPS) is 15.6. The minimum absolute atomic E-state index is 0.119. The first-order chi connectivity index (χ1) is 14.7. The van der Waals surface area contributed by atoms with E-state index in [0.29, 0.717) is 36.4 Å². The lowest BCUT2D eigenvalue weighted by Crippen LogP contribution is -2.26. The van der Waals surface area contributed by atoms with E-state index < -0.39 is 0 Å². The van der Waals surface area contributed by atoms with Crippen LogP contribution in [0.4, 0.5) is 16.0 Å². The molecular formula is C22H21FN4O3. The van der Waals surface area contributed by atoms with Gasteiger partial charge in [-0.25, -0.2) is 9.37 Å². The molecule has 0 spiro atoms. The van der Waals surface area contributed by atoms with Crippen LogP contribution < -0.4 is 15.4 Å². The molecule has 154 valence electrons. The Kier molecular flexibility index (Phi) is 6.14. The minimum atomic E-state index is -0.371. The Hall–Kier alpha value is -3.52. The van der Waals surface area contributed by atoms with E-state index in [1.54, 1.807) is 12.3 Å². The molecule has 2 heterocycles. The lowest BCUT2D eigenvalue weighted by Gasteiger charge is -2.12. The second-order valence-corrected chi connectivity index (χ2v) is 6.82. The first kappa shape index (κ1) is 19.8. The third-order valence-corrected chi connectivity index (χ3v) is 4.53. The lowest BCUT2D eigenvalue weighted by atomic mass is 10.2. The lowest BCUT2D eigenvalue weighted by molar-refractivity contribution is -0.124. The molecule has 3 aromatic rings. The molecule has 1 saturated heterocycles. The third kappa shape index (κ3) is 5.30. The summed E-state index contributed by atoms with van der Waals surface area (Å²) >= 11 is 0. The molecule has 0 radical (unpaired) electrons. The van der Waals surface area contributed by atoms with Crippen LogP contribution >= 0.6 is 0 Å². The molecule has 1 unspecified atom stereocenters. The van der Waals surface area contributed by atoms with E-state index in [1.165, 1.54) is 24.3 Å². The standard InChI is InChI=1S/C22H21FN4O3/c23-16-6-8-18(9-7-16)30-20-10-11-24-22(27-20)25-14-15-3-1-4-17(13-15)26-21(28)19-5-2-12-29-19/h1,3-4,6-11,13,19H,2,5,12,14H2,(H,26,28)(H,24,25,27). The van der Waals surface area contributed by atoms with Gasteiger partial charge in [-0.05, 0) is 54.8 Å². The molecule has 2 aromatic carbocycles. The second kappa shape index (κ2) is 9.32. The maximum atomic E-state index is 13.0. The van der Waals surface area contributed by atoms with Crippen molar-refractivity contribution < 1.29 is 18.7 Å². The Morgan fingerprint density at radius 3 is 2.87 bits per heavy atom. The Morgan fingerprint density at radius 1 is 1.20 bits per heavy atom. The van der Waals surface area contributed by atoms with Gasteiger partial charge in [-0.2, -0.15) is 4.98 Å². The third-order valence-electron chi connectivity index (χ3n) is 4.53. The molecule has 1 fully saturated rings. The summed E-state index contributed by atoms with van der Waals surface area (Å²) in [7, 11) is 0. The number of nitrogens with zero attached hydrogens (tertiary/aromatic N) is 2. The number of carbonyl (C=O) groups is 1. The van der Waals surface area contributed by atoms with Crippen molar-refractivity contribution in [2.45, 2.75) is 25.5 Å². The number of carbonyl (C=O) groups excluding carboxylic acids is 1. The van der Waals surface area contributed by atoms with E-state index in [2.05, 4.69) is 20.6 Å². The summed E-state index contributed by atoms with van der Waals surface area (Å²) in [6.45, 7) is 1.09. The van der Waals surface area contributed by atoms with Crippen molar-refractivity contribution in [3.8, 4) is 11.6 Å². The fraction of sp³-hybridized carbons (Fsp3) is 0.227. The van der Waals surface area contributed by atoms with E-state index in [-0.39, 0.29) is 17.8 Å². The van der Waals surface area contributed by atoms with Crippen molar-refractivity contribution >= 4 is 17.5 Å².